The number of ether oxygens (including phenoxy) is 2. The van der Waals surface area contributed by atoms with Gasteiger partial charge in [-0.3, -0.25) is 10.1 Å². The van der Waals surface area contributed by atoms with Gasteiger partial charge in [0.2, 0.25) is 5.95 Å². The first-order valence-electron chi connectivity index (χ1n) is 10.1. The number of hydrogen-bond acceptors (Lipinski definition) is 6. The van der Waals surface area contributed by atoms with E-state index in [9.17, 15) is 9.18 Å². The van der Waals surface area contributed by atoms with Crippen LogP contribution in [0.3, 0.4) is 0 Å². The zero-order chi connectivity index (χ0) is 23.2. The lowest BCUT2D eigenvalue weighted by molar-refractivity contribution is 0.0991. The molecule has 0 radical (unpaired) electrons. The number of hydrogen-bond donors (Lipinski definition) is 1. The van der Waals surface area contributed by atoms with Gasteiger partial charge in [0.05, 0.1) is 13.2 Å². The smallest absolute Gasteiger partial charge is 0.293 e. The summed E-state index contributed by atoms with van der Waals surface area (Å²) in [5.41, 5.74) is 0.670. The minimum absolute atomic E-state index is 0.0956. The first kappa shape index (κ1) is 22.3. The van der Waals surface area contributed by atoms with Gasteiger partial charge in [-0.1, -0.05) is 17.7 Å². The van der Waals surface area contributed by atoms with Crippen LogP contribution in [0, 0.1) is 5.82 Å². The Kier molecular flexibility index (Phi) is 6.89. The molecule has 4 aromatic rings. The number of furan rings is 1. The van der Waals surface area contributed by atoms with Crippen molar-refractivity contribution in [1.29, 1.82) is 0 Å². The fourth-order valence-corrected chi connectivity index (χ4v) is 3.17. The number of benzene rings is 2. The second-order valence-electron chi connectivity index (χ2n) is 6.91. The zero-order valence-corrected chi connectivity index (χ0v) is 18.4. The minimum atomic E-state index is -0.500. The number of anilines is 1. The highest BCUT2D eigenvalue weighted by Gasteiger charge is 2.14. The number of amides is 1. The Balaban J connectivity index is 1.31. The Bertz CT molecular complexity index is 1240. The molecule has 0 bridgehead atoms. The molecule has 1 N–H and O–H groups in total. The van der Waals surface area contributed by atoms with E-state index in [1.54, 1.807) is 30.3 Å². The number of rotatable bonds is 9. The Morgan fingerprint density at radius 3 is 2.61 bits per heavy atom. The van der Waals surface area contributed by atoms with Gasteiger partial charge in [0.25, 0.3) is 5.91 Å². The van der Waals surface area contributed by atoms with Crippen LogP contribution in [-0.2, 0) is 13.2 Å². The van der Waals surface area contributed by atoms with Crippen molar-refractivity contribution in [3.63, 3.8) is 0 Å². The van der Waals surface area contributed by atoms with Gasteiger partial charge >= 0.3 is 0 Å². The summed E-state index contributed by atoms with van der Waals surface area (Å²) in [5.74, 6) is 1.17. The summed E-state index contributed by atoms with van der Waals surface area (Å²) in [4.78, 5) is 16.5. The van der Waals surface area contributed by atoms with Gasteiger partial charge in [-0.2, -0.15) is 0 Å². The van der Waals surface area contributed by atoms with E-state index in [0.717, 1.165) is 5.75 Å². The summed E-state index contributed by atoms with van der Waals surface area (Å²) in [7, 11) is 0. The van der Waals surface area contributed by atoms with Gasteiger partial charge < -0.3 is 13.9 Å². The van der Waals surface area contributed by atoms with Crippen LogP contribution in [0.15, 0.2) is 65.3 Å². The Hall–Kier alpha value is -3.85. The molecule has 0 fully saturated rings. The fraction of sp³-hybridized carbons (Fsp3) is 0.174. The van der Waals surface area contributed by atoms with Crippen LogP contribution in [0.5, 0.6) is 11.5 Å². The average molecular weight is 471 g/mol. The standard InChI is InChI=1S/C23H20ClFN4O4/c1-2-31-17-5-7-18(8-6-17)32-13-19-9-10-21(33-19)22(30)27-23-26-14-29(28-23)12-15-3-4-16(25)11-20(15)24/h3-11,14H,2,12-13H2,1H3,(H,27,28,30). The molecule has 0 aliphatic carbocycles. The van der Waals surface area contributed by atoms with Crippen LogP contribution in [0.25, 0.3) is 0 Å². The maximum Gasteiger partial charge on any atom is 0.293 e. The third kappa shape index (κ3) is 5.89. The summed E-state index contributed by atoms with van der Waals surface area (Å²) in [6.45, 7) is 2.94. The highest BCUT2D eigenvalue weighted by atomic mass is 35.5. The van der Waals surface area contributed by atoms with Crippen molar-refractivity contribution in [2.75, 3.05) is 11.9 Å². The van der Waals surface area contributed by atoms with Crippen molar-refractivity contribution in [3.05, 3.63) is 88.8 Å². The van der Waals surface area contributed by atoms with E-state index in [2.05, 4.69) is 15.4 Å². The van der Waals surface area contributed by atoms with Crippen LogP contribution in [0.4, 0.5) is 10.3 Å². The predicted octanol–water partition coefficient (Wildman–Crippen LogP) is 4.94. The highest BCUT2D eigenvalue weighted by Crippen LogP contribution is 2.20. The van der Waals surface area contributed by atoms with Crippen molar-refractivity contribution in [2.24, 2.45) is 0 Å². The van der Waals surface area contributed by atoms with E-state index in [4.69, 9.17) is 25.5 Å². The number of nitrogens with zero attached hydrogens (tertiary/aromatic N) is 3. The molecule has 0 atom stereocenters. The molecule has 4 rings (SSSR count). The molecule has 1 amide bonds. The van der Waals surface area contributed by atoms with Crippen LogP contribution in [0.1, 0.15) is 28.8 Å². The lowest BCUT2D eigenvalue weighted by Crippen LogP contribution is -2.12. The maximum atomic E-state index is 13.2. The van der Waals surface area contributed by atoms with Gasteiger partial charge in [0.15, 0.2) is 5.76 Å². The molecule has 2 aromatic carbocycles. The third-order valence-corrected chi connectivity index (χ3v) is 4.86. The van der Waals surface area contributed by atoms with E-state index < -0.39 is 11.7 Å². The number of aromatic nitrogens is 3. The molecule has 2 aromatic heterocycles. The minimum Gasteiger partial charge on any atom is -0.494 e. The Morgan fingerprint density at radius 2 is 1.88 bits per heavy atom. The molecular weight excluding hydrogens is 451 g/mol. The fourth-order valence-electron chi connectivity index (χ4n) is 2.95. The number of carbonyl (C=O) groups excluding carboxylic acids is 1. The molecule has 170 valence electrons. The number of halogens is 2. The SMILES string of the molecule is CCOc1ccc(OCc2ccc(C(=O)Nc3ncn(Cc4ccc(F)cc4Cl)n3)o2)cc1. The second-order valence-corrected chi connectivity index (χ2v) is 7.32. The Labute approximate surface area is 193 Å². The van der Waals surface area contributed by atoms with Gasteiger partial charge in [0, 0.05) is 5.02 Å². The summed E-state index contributed by atoms with van der Waals surface area (Å²) in [6, 6.07) is 14.5. The van der Waals surface area contributed by atoms with Crippen LogP contribution < -0.4 is 14.8 Å². The molecule has 0 saturated carbocycles. The van der Waals surface area contributed by atoms with Crippen LogP contribution in [-0.4, -0.2) is 27.3 Å². The third-order valence-electron chi connectivity index (χ3n) is 4.51. The van der Waals surface area contributed by atoms with Gasteiger partial charge in [-0.05, 0) is 61.0 Å². The molecule has 0 aliphatic rings. The van der Waals surface area contributed by atoms with Crippen molar-refractivity contribution in [3.8, 4) is 11.5 Å². The van der Waals surface area contributed by atoms with Crippen LogP contribution >= 0.6 is 11.6 Å². The zero-order valence-electron chi connectivity index (χ0n) is 17.6. The van der Waals surface area contributed by atoms with Crippen molar-refractivity contribution >= 4 is 23.5 Å². The molecule has 2 heterocycles. The highest BCUT2D eigenvalue weighted by molar-refractivity contribution is 6.31. The van der Waals surface area contributed by atoms with E-state index in [-0.39, 0.29) is 29.9 Å². The van der Waals surface area contributed by atoms with Crippen molar-refractivity contribution < 1.29 is 23.1 Å². The lowest BCUT2D eigenvalue weighted by Gasteiger charge is -2.06. The first-order valence-corrected chi connectivity index (χ1v) is 10.5. The molecule has 0 saturated heterocycles. The molecule has 0 aliphatic heterocycles. The summed E-state index contributed by atoms with van der Waals surface area (Å²) >= 11 is 6.04. The molecule has 0 spiro atoms. The van der Waals surface area contributed by atoms with Crippen molar-refractivity contribution in [2.45, 2.75) is 20.1 Å². The molecular formula is C23H20ClFN4O4. The van der Waals surface area contributed by atoms with Crippen LogP contribution in [0.2, 0.25) is 5.02 Å². The number of nitrogens with one attached hydrogen (secondary N) is 1. The maximum absolute atomic E-state index is 13.2. The van der Waals surface area contributed by atoms with Gasteiger partial charge in [0.1, 0.15) is 36.0 Å². The molecule has 10 heteroatoms. The molecule has 33 heavy (non-hydrogen) atoms. The van der Waals surface area contributed by atoms with E-state index >= 15 is 0 Å². The first-order chi connectivity index (χ1) is 16.0. The summed E-state index contributed by atoms with van der Waals surface area (Å²) in [5, 5.41) is 7.04. The topological polar surface area (TPSA) is 91.4 Å². The van der Waals surface area contributed by atoms with E-state index in [0.29, 0.717) is 23.7 Å². The van der Waals surface area contributed by atoms with E-state index in [1.165, 1.54) is 23.1 Å². The molecule has 8 nitrogen and oxygen atoms in total. The second kappa shape index (κ2) is 10.2. The summed E-state index contributed by atoms with van der Waals surface area (Å²) in [6.07, 6.45) is 1.44. The largest absolute Gasteiger partial charge is 0.494 e. The summed E-state index contributed by atoms with van der Waals surface area (Å²) < 4.78 is 31.3. The van der Waals surface area contributed by atoms with E-state index in [1.807, 2.05) is 19.1 Å². The normalized spacial score (nSPS) is 10.8. The van der Waals surface area contributed by atoms with Crippen molar-refractivity contribution in [1.82, 2.24) is 14.8 Å². The van der Waals surface area contributed by atoms with Gasteiger partial charge in [-0.15, -0.1) is 5.10 Å². The predicted molar refractivity (Wildman–Crippen MR) is 119 cm³/mol. The quantitative estimate of drug-likeness (QED) is 0.372. The number of carbonyl (C=O) groups is 1. The lowest BCUT2D eigenvalue weighted by atomic mass is 10.2. The van der Waals surface area contributed by atoms with Gasteiger partial charge in [-0.25, -0.2) is 14.1 Å². The molecule has 0 unspecified atom stereocenters. The average Bonchev–Trinajstić information content (AvgIpc) is 3.45. The monoisotopic (exact) mass is 470 g/mol. The Morgan fingerprint density at radius 1 is 1.12 bits per heavy atom.